The average molecular weight is 1750 g/mol. The van der Waals surface area contributed by atoms with E-state index >= 15 is 0 Å². The van der Waals surface area contributed by atoms with Crippen molar-refractivity contribution in [2.24, 2.45) is 33.9 Å². The molecule has 0 aliphatic carbocycles. The Labute approximate surface area is 697 Å². The van der Waals surface area contributed by atoms with Crippen LogP contribution in [-0.4, -0.2) is 99.0 Å². The molecule has 38 heteroatoms. The van der Waals surface area contributed by atoms with Crippen molar-refractivity contribution < 1.29 is 8.68 Å². The highest BCUT2D eigenvalue weighted by Crippen LogP contribution is 2.39. The fraction of sp³-hybridized carbons (Fsp3) is 0.276. The van der Waals surface area contributed by atoms with Crippen LogP contribution in [0.2, 0.25) is 45.9 Å². The number of aromatic amines is 3. The maximum absolute atomic E-state index is 12.9. The number of hydrogen-bond acceptors (Lipinski definition) is 17. The quantitative estimate of drug-likeness (QED) is 0.0697. The van der Waals surface area contributed by atoms with E-state index < -0.39 is 39.7 Å². The van der Waals surface area contributed by atoms with Gasteiger partial charge in [-0.15, -0.1) is 0 Å². The van der Waals surface area contributed by atoms with Crippen molar-refractivity contribution in [2.75, 3.05) is 12.0 Å². The predicted octanol–water partition coefficient (Wildman–Crippen LogP) is 17.1. The summed E-state index contributed by atoms with van der Waals surface area (Å²) < 4.78 is 22.2. The van der Waals surface area contributed by atoms with Crippen molar-refractivity contribution in [2.45, 2.75) is 107 Å². The molecular formula is C76H74Cl9FN20O7S. The number of aromatic nitrogens is 18. The Kier molecular flexibility index (Phi) is 26.5. The van der Waals surface area contributed by atoms with Crippen molar-refractivity contribution in [3.8, 4) is 17.1 Å². The molecule has 114 heavy (non-hydrogen) atoms. The summed E-state index contributed by atoms with van der Waals surface area (Å²) in [5.41, 5.74) is 25.9. The Bertz CT molecular complexity index is 6290. The van der Waals surface area contributed by atoms with Crippen LogP contribution in [0.5, 0.6) is 0 Å². The minimum atomic E-state index is -0.689. The number of rotatable bonds is 8. The monoisotopic (exact) mass is 1740 g/mol. The van der Waals surface area contributed by atoms with Gasteiger partial charge in [0.15, 0.2) is 16.9 Å². The smallest absolute Gasteiger partial charge is 0.334 e. The minimum absolute atomic E-state index is 0.0237. The molecule has 0 bridgehead atoms. The molecule has 11 aromatic heterocycles. The van der Waals surface area contributed by atoms with Crippen LogP contribution in [-0.2, 0) is 28.2 Å². The summed E-state index contributed by atoms with van der Waals surface area (Å²) in [4.78, 5) is 128. The number of nitrogens with one attached hydrogen (secondary N) is 3. The van der Waals surface area contributed by atoms with E-state index in [4.69, 9.17) is 116 Å². The number of carbonyl (C=O) groups is 1. The number of primary amides is 1. The molecule has 0 aliphatic rings. The van der Waals surface area contributed by atoms with Crippen LogP contribution in [0.15, 0.2) is 103 Å². The number of anilines is 1. The fourth-order valence-corrected chi connectivity index (χ4v) is 14.8. The van der Waals surface area contributed by atoms with Crippen LogP contribution >= 0.6 is 117 Å². The van der Waals surface area contributed by atoms with Crippen LogP contribution < -0.4 is 45.2 Å². The van der Waals surface area contributed by atoms with Gasteiger partial charge in [-0.2, -0.15) is 3.89 Å². The molecule has 11 heterocycles. The molecule has 15 rings (SSSR count). The van der Waals surface area contributed by atoms with Crippen LogP contribution in [0, 0.1) is 27.7 Å². The summed E-state index contributed by atoms with van der Waals surface area (Å²) in [5.74, 6) is -0.106. The molecule has 0 fully saturated rings. The molecule has 0 saturated carbocycles. The zero-order chi connectivity index (χ0) is 84.1. The van der Waals surface area contributed by atoms with Crippen molar-refractivity contribution in [3.63, 3.8) is 0 Å². The highest BCUT2D eigenvalue weighted by Gasteiger charge is 2.28. The summed E-state index contributed by atoms with van der Waals surface area (Å²) in [7, 11) is 7.77. The number of nitrogen functional groups attached to an aromatic ring is 1. The van der Waals surface area contributed by atoms with E-state index in [2.05, 4.69) is 74.7 Å². The van der Waals surface area contributed by atoms with Gasteiger partial charge in [0.1, 0.15) is 25.8 Å². The largest absolute Gasteiger partial charge is 0.398 e. The normalized spacial score (nSPS) is 11.4. The number of pyridine rings is 4. The molecule has 4 aromatic carbocycles. The molecule has 0 unspecified atom stereocenters. The van der Waals surface area contributed by atoms with Gasteiger partial charge < -0.3 is 29.7 Å². The summed E-state index contributed by atoms with van der Waals surface area (Å²) in [6, 6.07) is 13.5. The number of halogens is 10. The fourth-order valence-electron chi connectivity index (χ4n) is 13.4. The standard InChI is InChI=1S/3C19H17Cl2N5O2.C12H17N3.C6H3Cl3N2O.CH3FS/c3*1-8(2)13-14-12(25(4)7-22-14)5-9(3)15(13)26-17-10(18(27)24-19(26)28)6-11(20)16(21)23-17;1-7(2)10-11(13)8(3)5-9-12(10)14-6-15(9)4;7-3-1-2(6(10)12)4(8)11-5(3)9;1-3-2/h3*5-8H,1-4H3,(H,24,27,28);5-7H,13H2,1-4H3;1H,(H2,10,12);1H3. The summed E-state index contributed by atoms with van der Waals surface area (Å²) in [6.07, 6.45) is 8.43. The molecule has 0 radical (unpaired) electrons. The van der Waals surface area contributed by atoms with Gasteiger partial charge in [-0.25, -0.2) is 68.0 Å². The van der Waals surface area contributed by atoms with Gasteiger partial charge in [0.05, 0.1) is 128 Å². The Hall–Kier alpha value is -9.66. The number of nitrogens with zero attached hydrogens (tertiary/aromatic N) is 15. The van der Waals surface area contributed by atoms with E-state index in [1.165, 1.54) is 49.8 Å². The number of imidazole rings is 4. The minimum Gasteiger partial charge on any atom is -0.398 e. The van der Waals surface area contributed by atoms with Crippen molar-refractivity contribution in [1.82, 2.24) is 86.8 Å². The first kappa shape index (κ1) is 86.7. The number of benzene rings is 4. The van der Waals surface area contributed by atoms with Crippen molar-refractivity contribution >= 4 is 205 Å². The van der Waals surface area contributed by atoms with E-state index in [1.54, 1.807) is 19.0 Å². The zero-order valence-electron chi connectivity index (χ0n) is 64.1. The molecule has 0 saturated heterocycles. The van der Waals surface area contributed by atoms with E-state index in [9.17, 15) is 37.4 Å². The molecule has 15 aromatic rings. The number of hydrogen-bond donors (Lipinski definition) is 5. The topological polar surface area (TPSA) is 357 Å². The molecule has 7 N–H and O–H groups in total. The zero-order valence-corrected chi connectivity index (χ0v) is 71.8. The second kappa shape index (κ2) is 34.8. The number of carbonyl (C=O) groups excluding carboxylic acids is 1. The molecule has 596 valence electrons. The molecular weight excluding hydrogens is 1680 g/mol. The number of fused-ring (bicyclic) bond motifs is 7. The third-order valence-corrected chi connectivity index (χ3v) is 21.5. The Morgan fingerprint density at radius 3 is 0.912 bits per heavy atom. The van der Waals surface area contributed by atoms with Crippen LogP contribution in [0.25, 0.3) is 94.3 Å². The van der Waals surface area contributed by atoms with E-state index in [0.29, 0.717) is 23.0 Å². The first-order chi connectivity index (χ1) is 53.6. The Morgan fingerprint density at radius 2 is 0.649 bits per heavy atom. The molecule has 27 nitrogen and oxygen atoms in total. The van der Waals surface area contributed by atoms with Gasteiger partial charge in [-0.3, -0.25) is 34.1 Å². The van der Waals surface area contributed by atoms with Gasteiger partial charge in [-0.05, 0) is 122 Å². The number of aryl methyl sites for hydroxylation is 8. The summed E-state index contributed by atoms with van der Waals surface area (Å²) in [5, 5.41) is 1.21. The molecule has 0 spiro atoms. The van der Waals surface area contributed by atoms with Gasteiger partial charge >= 0.3 is 17.1 Å². The lowest BCUT2D eigenvalue weighted by Crippen LogP contribution is -2.31. The highest BCUT2D eigenvalue weighted by molar-refractivity contribution is 7.93. The number of H-pyrrole nitrogens is 3. The second-order valence-corrected chi connectivity index (χ2v) is 31.4. The van der Waals surface area contributed by atoms with Crippen LogP contribution in [0.3, 0.4) is 0 Å². The van der Waals surface area contributed by atoms with E-state index in [0.717, 1.165) is 88.8 Å². The van der Waals surface area contributed by atoms with Crippen LogP contribution in [0.4, 0.5) is 9.57 Å². The summed E-state index contributed by atoms with van der Waals surface area (Å²) >= 11 is 53.3. The predicted molar refractivity (Wildman–Crippen MR) is 460 cm³/mol. The Morgan fingerprint density at radius 1 is 0.404 bits per heavy atom. The van der Waals surface area contributed by atoms with Crippen molar-refractivity contribution in [3.05, 3.63) is 232 Å². The number of amides is 1. The van der Waals surface area contributed by atoms with E-state index in [-0.39, 0.29) is 114 Å². The lowest BCUT2D eigenvalue weighted by Gasteiger charge is -2.19. The van der Waals surface area contributed by atoms with Crippen molar-refractivity contribution in [1.29, 1.82) is 0 Å². The third-order valence-electron chi connectivity index (χ3n) is 18.5. The first-order valence-electron chi connectivity index (χ1n) is 34.6. The van der Waals surface area contributed by atoms with Gasteiger partial charge in [0.25, 0.3) is 22.6 Å². The average Bonchev–Trinajstić information content (AvgIpc) is 1.12. The Balaban J connectivity index is 0.000000154. The van der Waals surface area contributed by atoms with Gasteiger partial charge in [0.2, 0.25) is 0 Å². The highest BCUT2D eigenvalue weighted by atomic mass is 35.5. The van der Waals surface area contributed by atoms with Crippen LogP contribution in [0.1, 0.15) is 134 Å². The third kappa shape index (κ3) is 16.8. The maximum atomic E-state index is 12.9. The number of nitrogens with two attached hydrogens (primary N) is 2. The van der Waals surface area contributed by atoms with E-state index in [1.807, 2.05) is 140 Å². The lowest BCUT2D eigenvalue weighted by atomic mass is 9.96. The van der Waals surface area contributed by atoms with Gasteiger partial charge in [0, 0.05) is 74.5 Å². The van der Waals surface area contributed by atoms with Gasteiger partial charge in [-0.1, -0.05) is 160 Å². The lowest BCUT2D eigenvalue weighted by molar-refractivity contribution is 0.1000. The molecule has 1 amide bonds. The first-order valence-corrected chi connectivity index (χ1v) is 39.1. The SMILES string of the molecule is CSF.Cc1cc2c(ncn2C)c(C(C)C)c1-n1c(=O)[nH]c(=O)c2cc(Cl)c(Cl)nc21.Cc1cc2c(ncn2C)c(C(C)C)c1-n1c(=O)[nH]c(=O)c2cc(Cl)c(Cl)nc21.Cc1cc2c(ncn2C)c(C(C)C)c1-n1c(=O)[nH]c(=O)c2cc(Cl)c(Cl)nc21.Cc1cc2c(ncn2C)c(C(C)C)c1N.NC(=O)c1cc(Cl)c(Cl)nc1Cl. The second-order valence-electron chi connectivity index (χ2n) is 27.7. The molecule has 0 aliphatic heterocycles. The maximum Gasteiger partial charge on any atom is 0.334 e. The summed E-state index contributed by atoms with van der Waals surface area (Å²) in [6.45, 7) is 24.3. The molecule has 0 atom stereocenters.